The molecule has 3 aromatic rings. The summed E-state index contributed by atoms with van der Waals surface area (Å²) >= 11 is 0. The van der Waals surface area contributed by atoms with Crippen molar-refractivity contribution in [2.24, 2.45) is 0 Å². The molecule has 3 rings (SSSR count). The zero-order valence-electron chi connectivity index (χ0n) is 14.0. The van der Waals surface area contributed by atoms with Gasteiger partial charge in [0.1, 0.15) is 11.3 Å². The molecule has 1 aromatic heterocycles. The first-order valence-corrected chi connectivity index (χ1v) is 7.80. The lowest BCUT2D eigenvalue weighted by Crippen LogP contribution is -2.06. The minimum Gasteiger partial charge on any atom is -0.504 e. The lowest BCUT2D eigenvalue weighted by molar-refractivity contribution is -0.137. The summed E-state index contributed by atoms with van der Waals surface area (Å²) in [5.41, 5.74) is -0.256. The molecule has 0 bridgehead atoms. The van der Waals surface area contributed by atoms with Gasteiger partial charge in [-0.2, -0.15) is 13.2 Å². The highest BCUT2D eigenvalue weighted by Crippen LogP contribution is 2.37. The Morgan fingerprint density at radius 3 is 2.35 bits per heavy atom. The topological polar surface area (TPSA) is 59.7 Å². The Hall–Kier alpha value is -2.96. The van der Waals surface area contributed by atoms with E-state index in [1.165, 1.54) is 31.4 Å². The van der Waals surface area contributed by atoms with Crippen molar-refractivity contribution in [3.8, 4) is 22.8 Å². The van der Waals surface area contributed by atoms with Crippen LogP contribution >= 0.6 is 0 Å². The van der Waals surface area contributed by atoms with Crippen molar-refractivity contribution in [3.05, 3.63) is 57.7 Å². The number of ether oxygens (including phenoxy) is 1. The molecular weight excluding hydrogens is 349 g/mol. The monoisotopic (exact) mass is 364 g/mol. The number of hydrogen-bond donors (Lipinski definition) is 1. The number of benzene rings is 2. The molecule has 26 heavy (non-hydrogen) atoms. The maximum atomic E-state index is 12.7. The molecule has 7 heteroatoms. The lowest BCUT2D eigenvalue weighted by atomic mass is 10.0. The largest absolute Gasteiger partial charge is 0.504 e. The smallest absolute Gasteiger partial charge is 0.416 e. The first-order valence-electron chi connectivity index (χ1n) is 7.80. The Kier molecular flexibility index (Phi) is 4.39. The highest BCUT2D eigenvalue weighted by atomic mass is 19.4. The van der Waals surface area contributed by atoms with Crippen molar-refractivity contribution in [3.63, 3.8) is 0 Å². The molecule has 0 spiro atoms. The van der Waals surface area contributed by atoms with E-state index in [9.17, 15) is 23.1 Å². The quantitative estimate of drug-likeness (QED) is 0.728. The van der Waals surface area contributed by atoms with Gasteiger partial charge < -0.3 is 14.3 Å². The number of aryl methyl sites for hydroxylation is 1. The second-order valence-corrected chi connectivity index (χ2v) is 5.68. The van der Waals surface area contributed by atoms with E-state index in [1.54, 1.807) is 6.92 Å². The Bertz CT molecular complexity index is 1020. The van der Waals surface area contributed by atoms with E-state index in [2.05, 4.69) is 0 Å². The predicted octanol–water partition coefficient (Wildman–Crippen LogP) is 4.76. The van der Waals surface area contributed by atoms with Crippen LogP contribution in [0.3, 0.4) is 0 Å². The van der Waals surface area contributed by atoms with Crippen LogP contribution in [0, 0.1) is 0 Å². The fraction of sp³-hybridized carbons (Fsp3) is 0.211. The number of fused-ring (bicyclic) bond motifs is 1. The maximum absolute atomic E-state index is 12.7. The van der Waals surface area contributed by atoms with Gasteiger partial charge in [-0.05, 0) is 18.6 Å². The second kappa shape index (κ2) is 6.40. The van der Waals surface area contributed by atoms with Crippen LogP contribution in [-0.2, 0) is 12.6 Å². The van der Waals surface area contributed by atoms with Crippen molar-refractivity contribution in [1.29, 1.82) is 0 Å². The predicted molar refractivity (Wildman–Crippen MR) is 90.5 cm³/mol. The third-order valence-corrected chi connectivity index (χ3v) is 4.13. The summed E-state index contributed by atoms with van der Waals surface area (Å²) in [6.07, 6.45) is -4.06. The van der Waals surface area contributed by atoms with E-state index in [0.29, 0.717) is 17.5 Å². The third-order valence-electron chi connectivity index (χ3n) is 4.13. The number of rotatable bonds is 3. The fourth-order valence-corrected chi connectivity index (χ4v) is 2.83. The van der Waals surface area contributed by atoms with E-state index in [0.717, 1.165) is 12.1 Å². The molecule has 0 saturated carbocycles. The number of phenolic OH excluding ortho intramolecular Hbond substituents is 1. The van der Waals surface area contributed by atoms with E-state index in [4.69, 9.17) is 9.15 Å². The van der Waals surface area contributed by atoms with Gasteiger partial charge in [0.25, 0.3) is 0 Å². The fourth-order valence-electron chi connectivity index (χ4n) is 2.83. The number of phenols is 1. The Morgan fingerprint density at radius 1 is 1.15 bits per heavy atom. The van der Waals surface area contributed by atoms with Crippen LogP contribution in [0.1, 0.15) is 18.1 Å². The van der Waals surface area contributed by atoms with Gasteiger partial charge in [0.05, 0.1) is 18.1 Å². The van der Waals surface area contributed by atoms with Gasteiger partial charge in [0.2, 0.25) is 0 Å². The minimum atomic E-state index is -4.44. The lowest BCUT2D eigenvalue weighted by Gasteiger charge is -2.12. The second-order valence-electron chi connectivity index (χ2n) is 5.68. The molecule has 0 fully saturated rings. The van der Waals surface area contributed by atoms with Crippen molar-refractivity contribution in [2.75, 3.05) is 7.11 Å². The molecule has 4 nitrogen and oxygen atoms in total. The highest BCUT2D eigenvalue weighted by Gasteiger charge is 2.30. The van der Waals surface area contributed by atoms with Crippen LogP contribution in [0.2, 0.25) is 0 Å². The van der Waals surface area contributed by atoms with Gasteiger partial charge >= 0.3 is 6.18 Å². The van der Waals surface area contributed by atoms with E-state index in [-0.39, 0.29) is 28.2 Å². The zero-order chi connectivity index (χ0) is 19.1. The Labute approximate surface area is 146 Å². The number of halogens is 3. The number of hydrogen-bond acceptors (Lipinski definition) is 4. The molecule has 0 atom stereocenters. The maximum Gasteiger partial charge on any atom is 0.416 e. The summed E-state index contributed by atoms with van der Waals surface area (Å²) in [7, 11) is 1.37. The number of alkyl halides is 3. The Balaban J connectivity index is 2.20. The molecule has 0 unspecified atom stereocenters. The van der Waals surface area contributed by atoms with Gasteiger partial charge in [0.15, 0.2) is 16.9 Å². The van der Waals surface area contributed by atoms with Crippen LogP contribution in [0.4, 0.5) is 13.2 Å². The van der Waals surface area contributed by atoms with Crippen molar-refractivity contribution < 1.29 is 27.4 Å². The van der Waals surface area contributed by atoms with Crippen LogP contribution in [-0.4, -0.2) is 12.2 Å². The summed E-state index contributed by atoms with van der Waals surface area (Å²) in [5.74, 6) is 0.158. The summed E-state index contributed by atoms with van der Waals surface area (Å²) in [6, 6.07) is 6.92. The third kappa shape index (κ3) is 3.00. The van der Waals surface area contributed by atoms with Gasteiger partial charge in [-0.1, -0.05) is 19.1 Å². The summed E-state index contributed by atoms with van der Waals surface area (Å²) in [4.78, 5) is 12.5. The van der Waals surface area contributed by atoms with Gasteiger partial charge in [-0.3, -0.25) is 4.79 Å². The van der Waals surface area contributed by atoms with Crippen LogP contribution in [0.5, 0.6) is 11.5 Å². The van der Waals surface area contributed by atoms with Gasteiger partial charge in [-0.25, -0.2) is 0 Å². The number of aromatic hydroxyl groups is 1. The highest BCUT2D eigenvalue weighted by molar-refractivity contribution is 5.86. The Morgan fingerprint density at radius 2 is 1.81 bits per heavy atom. The normalized spacial score (nSPS) is 11.7. The van der Waals surface area contributed by atoms with E-state index >= 15 is 0 Å². The van der Waals surface area contributed by atoms with Crippen molar-refractivity contribution >= 4 is 11.0 Å². The molecule has 1 N–H and O–H groups in total. The first-order chi connectivity index (χ1) is 12.3. The number of methoxy groups -OCH3 is 1. The molecule has 0 radical (unpaired) electrons. The summed E-state index contributed by atoms with van der Waals surface area (Å²) < 4.78 is 48.9. The molecule has 136 valence electrons. The summed E-state index contributed by atoms with van der Waals surface area (Å²) in [5, 5.41) is 10.4. The van der Waals surface area contributed by atoms with E-state index in [1.807, 2.05) is 0 Å². The van der Waals surface area contributed by atoms with Crippen LogP contribution in [0.25, 0.3) is 22.3 Å². The molecule has 2 aromatic carbocycles. The average molecular weight is 364 g/mol. The zero-order valence-corrected chi connectivity index (χ0v) is 14.0. The molecule has 0 aliphatic carbocycles. The standard InChI is InChI=1S/C19H15F3O4/c1-3-12-17-13(23)8-14(26-15(17)9-16(25-2)18(12)24)10-4-6-11(7-5-10)19(20,21)22/h4-9,24H,3H2,1-2H3. The van der Waals surface area contributed by atoms with Gasteiger partial charge in [0, 0.05) is 23.3 Å². The molecule has 0 saturated heterocycles. The molecular formula is C19H15F3O4. The molecule has 0 aliphatic rings. The first kappa shape index (κ1) is 17.8. The minimum absolute atomic E-state index is 0.128. The van der Waals surface area contributed by atoms with Gasteiger partial charge in [-0.15, -0.1) is 0 Å². The molecule has 0 aliphatic heterocycles. The average Bonchev–Trinajstić information content (AvgIpc) is 2.61. The van der Waals surface area contributed by atoms with Crippen molar-refractivity contribution in [1.82, 2.24) is 0 Å². The van der Waals surface area contributed by atoms with Crippen LogP contribution in [0.15, 0.2) is 45.6 Å². The van der Waals surface area contributed by atoms with E-state index < -0.39 is 17.2 Å². The van der Waals surface area contributed by atoms with Crippen LogP contribution < -0.4 is 10.2 Å². The molecule has 0 amide bonds. The van der Waals surface area contributed by atoms with Crippen molar-refractivity contribution in [2.45, 2.75) is 19.5 Å². The summed E-state index contributed by atoms with van der Waals surface area (Å²) in [6.45, 7) is 1.77. The SMILES string of the molecule is CCc1c(O)c(OC)cc2oc(-c3ccc(C(F)(F)F)cc3)cc(=O)c12. The molecule has 1 heterocycles.